The van der Waals surface area contributed by atoms with Crippen molar-refractivity contribution in [2.45, 2.75) is 83.1 Å². The molecule has 3 heterocycles. The molecule has 44 heavy (non-hydrogen) atoms. The molecule has 6 rings (SSSR count). The van der Waals surface area contributed by atoms with Gasteiger partial charge in [0.05, 0.1) is 25.0 Å². The predicted octanol–water partition coefficient (Wildman–Crippen LogP) is 6.37. The summed E-state index contributed by atoms with van der Waals surface area (Å²) in [5.74, 6) is 2.66. The molecule has 3 aromatic rings. The van der Waals surface area contributed by atoms with Crippen LogP contribution in [0.3, 0.4) is 0 Å². The van der Waals surface area contributed by atoms with Crippen LogP contribution < -0.4 is 15.0 Å². The fourth-order valence-electron chi connectivity index (χ4n) is 7.04. The maximum Gasteiger partial charge on any atom is 0.404 e. The van der Waals surface area contributed by atoms with Crippen LogP contribution in [-0.4, -0.2) is 57.1 Å². The highest BCUT2D eigenvalue weighted by molar-refractivity contribution is 5.94. The Balaban J connectivity index is 1.17. The normalized spacial score (nSPS) is 23.6. The van der Waals surface area contributed by atoms with E-state index in [1.165, 1.54) is 12.8 Å². The summed E-state index contributed by atoms with van der Waals surface area (Å²) in [6, 6.07) is 8.66. The quantitative estimate of drug-likeness (QED) is 0.277. The number of ether oxygens (including phenoxy) is 1. The van der Waals surface area contributed by atoms with Crippen LogP contribution in [0.1, 0.15) is 87.6 Å². The van der Waals surface area contributed by atoms with Crippen LogP contribution in [0, 0.1) is 24.7 Å². The molecular weight excluding hydrogens is 556 g/mol. The number of carbonyl (C=O) groups is 2. The van der Waals surface area contributed by atoms with Crippen molar-refractivity contribution in [3.05, 3.63) is 54.2 Å². The SMILES string of the molecule is COc1ccc([C@H]2CC[C@H](CN(c3cc(-c4cnn(C5CC5)c4)ccn3)C(=O)[C@H]3CC[C@H](CNC(=O)O)CC3)CC2)nc1C. The third-order valence-corrected chi connectivity index (χ3v) is 9.87. The highest BCUT2D eigenvalue weighted by atomic mass is 16.5. The van der Waals surface area contributed by atoms with Crippen molar-refractivity contribution in [2.24, 2.45) is 17.8 Å². The molecule has 10 heteroatoms. The van der Waals surface area contributed by atoms with Gasteiger partial charge >= 0.3 is 6.09 Å². The number of methoxy groups -OCH3 is 1. The van der Waals surface area contributed by atoms with Gasteiger partial charge in [0.2, 0.25) is 5.91 Å². The van der Waals surface area contributed by atoms with E-state index in [-0.39, 0.29) is 17.7 Å². The van der Waals surface area contributed by atoms with Crippen LogP contribution in [0.2, 0.25) is 0 Å². The number of hydrogen-bond acceptors (Lipinski definition) is 6. The van der Waals surface area contributed by atoms with Crippen LogP contribution in [-0.2, 0) is 4.79 Å². The molecule has 0 aliphatic heterocycles. The lowest BCUT2D eigenvalue weighted by Crippen LogP contribution is -2.42. The molecule has 0 bridgehead atoms. The fourth-order valence-corrected chi connectivity index (χ4v) is 7.04. The zero-order chi connectivity index (χ0) is 30.6. The Labute approximate surface area is 259 Å². The molecule has 2 N–H and O–H groups in total. The van der Waals surface area contributed by atoms with E-state index >= 15 is 0 Å². The Morgan fingerprint density at radius 2 is 1.75 bits per heavy atom. The fraction of sp³-hybridized carbons (Fsp3) is 0.559. The van der Waals surface area contributed by atoms with Gasteiger partial charge in [-0.3, -0.25) is 19.4 Å². The lowest BCUT2D eigenvalue weighted by atomic mass is 9.79. The first kappa shape index (κ1) is 30.1. The number of aryl methyl sites for hydroxylation is 1. The summed E-state index contributed by atoms with van der Waals surface area (Å²) in [4.78, 5) is 36.7. The lowest BCUT2D eigenvalue weighted by molar-refractivity contribution is -0.123. The third kappa shape index (κ3) is 7.05. The van der Waals surface area contributed by atoms with Gasteiger partial charge in [-0.25, -0.2) is 9.78 Å². The van der Waals surface area contributed by atoms with Crippen molar-refractivity contribution < 1.29 is 19.4 Å². The van der Waals surface area contributed by atoms with Crippen LogP contribution in [0.5, 0.6) is 5.75 Å². The number of amides is 2. The number of pyridine rings is 2. The summed E-state index contributed by atoms with van der Waals surface area (Å²) in [5.41, 5.74) is 4.12. The average Bonchev–Trinajstić information content (AvgIpc) is 3.78. The molecule has 3 saturated carbocycles. The van der Waals surface area contributed by atoms with Gasteiger partial charge in [0.15, 0.2) is 0 Å². The minimum absolute atomic E-state index is 0.0815. The van der Waals surface area contributed by atoms with Crippen molar-refractivity contribution in [1.82, 2.24) is 25.1 Å². The Morgan fingerprint density at radius 1 is 1.00 bits per heavy atom. The first-order valence-electron chi connectivity index (χ1n) is 16.2. The molecular formula is C34H44N6O4. The number of nitrogens with one attached hydrogen (secondary N) is 1. The molecule has 0 unspecified atom stereocenters. The van der Waals surface area contributed by atoms with Gasteiger partial charge in [-0.15, -0.1) is 0 Å². The van der Waals surface area contributed by atoms with E-state index in [0.29, 0.717) is 36.8 Å². The van der Waals surface area contributed by atoms with E-state index in [2.05, 4.69) is 22.7 Å². The van der Waals surface area contributed by atoms with Crippen molar-refractivity contribution in [1.29, 1.82) is 0 Å². The molecule has 10 nitrogen and oxygen atoms in total. The van der Waals surface area contributed by atoms with E-state index in [4.69, 9.17) is 19.8 Å². The van der Waals surface area contributed by atoms with Gasteiger partial charge in [-0.05, 0) is 113 Å². The van der Waals surface area contributed by atoms with Crippen molar-refractivity contribution in [3.63, 3.8) is 0 Å². The standard InChI is InChI=1S/C34H44N6O4/c1-22-31(44-2)14-13-30(38-22)25-7-5-24(6-8-25)20-39(33(41)26-9-3-23(4-10-26)18-36-34(42)43)32-17-27(15-16-35-32)28-19-37-40(21-28)29-11-12-29/h13-17,19,21,23-26,29,36H,3-12,18,20H2,1-2H3,(H,42,43)/t23-,24-,25-,26-. The molecule has 0 atom stereocenters. The molecule has 2 amide bonds. The second kappa shape index (κ2) is 13.4. The molecule has 3 aliphatic rings. The van der Waals surface area contributed by atoms with Gasteiger partial charge in [-0.1, -0.05) is 0 Å². The number of rotatable bonds is 10. The third-order valence-electron chi connectivity index (χ3n) is 9.87. The van der Waals surface area contributed by atoms with Crippen LogP contribution in [0.25, 0.3) is 11.1 Å². The molecule has 3 fully saturated rings. The van der Waals surface area contributed by atoms with Gasteiger partial charge in [-0.2, -0.15) is 5.10 Å². The van der Waals surface area contributed by atoms with Crippen molar-refractivity contribution in [3.8, 4) is 16.9 Å². The minimum atomic E-state index is -0.990. The average molecular weight is 601 g/mol. The van der Waals surface area contributed by atoms with Gasteiger partial charge < -0.3 is 15.2 Å². The van der Waals surface area contributed by atoms with Gasteiger partial charge in [0.1, 0.15) is 11.6 Å². The van der Waals surface area contributed by atoms with Gasteiger partial charge in [0, 0.05) is 48.6 Å². The molecule has 3 aromatic heterocycles. The molecule has 3 aliphatic carbocycles. The minimum Gasteiger partial charge on any atom is -0.495 e. The zero-order valence-electron chi connectivity index (χ0n) is 25.8. The Morgan fingerprint density at radius 3 is 2.43 bits per heavy atom. The summed E-state index contributed by atoms with van der Waals surface area (Å²) in [5, 5.41) is 16.1. The number of aromatic nitrogens is 4. The largest absolute Gasteiger partial charge is 0.495 e. The highest BCUT2D eigenvalue weighted by Crippen LogP contribution is 2.39. The van der Waals surface area contributed by atoms with E-state index < -0.39 is 6.09 Å². The first-order chi connectivity index (χ1) is 21.4. The molecule has 0 saturated heterocycles. The maximum atomic E-state index is 14.2. The van der Waals surface area contributed by atoms with Crippen molar-refractivity contribution in [2.75, 3.05) is 25.1 Å². The molecule has 0 spiro atoms. The predicted molar refractivity (Wildman–Crippen MR) is 168 cm³/mol. The monoisotopic (exact) mass is 600 g/mol. The van der Waals surface area contributed by atoms with Gasteiger partial charge in [0.25, 0.3) is 0 Å². The number of carboxylic acid groups (broad SMARTS) is 1. The van der Waals surface area contributed by atoms with E-state index in [9.17, 15) is 9.59 Å². The smallest absolute Gasteiger partial charge is 0.404 e. The first-order valence-corrected chi connectivity index (χ1v) is 16.2. The van der Waals surface area contributed by atoms with E-state index in [0.717, 1.165) is 79.6 Å². The maximum absolute atomic E-state index is 14.2. The number of hydrogen-bond donors (Lipinski definition) is 2. The Kier molecular flexibility index (Phi) is 9.14. The Bertz CT molecular complexity index is 1450. The summed E-state index contributed by atoms with van der Waals surface area (Å²) >= 11 is 0. The summed E-state index contributed by atoms with van der Waals surface area (Å²) < 4.78 is 7.45. The van der Waals surface area contributed by atoms with Crippen LogP contribution >= 0.6 is 0 Å². The van der Waals surface area contributed by atoms with Crippen molar-refractivity contribution >= 4 is 17.8 Å². The molecule has 0 aromatic carbocycles. The second-order valence-corrected chi connectivity index (χ2v) is 12.9. The topological polar surface area (TPSA) is 122 Å². The lowest BCUT2D eigenvalue weighted by Gasteiger charge is -2.35. The molecule has 234 valence electrons. The Hall–Kier alpha value is -3.95. The summed E-state index contributed by atoms with van der Waals surface area (Å²) in [6.07, 6.45) is 14.6. The second-order valence-electron chi connectivity index (χ2n) is 12.9. The van der Waals surface area contributed by atoms with Crippen LogP contribution in [0.4, 0.5) is 10.6 Å². The van der Waals surface area contributed by atoms with Crippen LogP contribution in [0.15, 0.2) is 42.9 Å². The highest BCUT2D eigenvalue weighted by Gasteiger charge is 2.34. The summed E-state index contributed by atoms with van der Waals surface area (Å²) in [7, 11) is 1.68. The number of nitrogens with zero attached hydrogens (tertiary/aromatic N) is 5. The zero-order valence-corrected chi connectivity index (χ0v) is 25.8. The number of anilines is 1. The summed E-state index contributed by atoms with van der Waals surface area (Å²) in [6.45, 7) is 3.09. The van der Waals surface area contributed by atoms with E-state index in [1.807, 2.05) is 47.1 Å². The van der Waals surface area contributed by atoms with E-state index in [1.54, 1.807) is 7.11 Å². The number of carbonyl (C=O) groups excluding carboxylic acids is 1. The molecule has 0 radical (unpaired) electrons.